The van der Waals surface area contributed by atoms with Gasteiger partial charge in [0.25, 0.3) is 0 Å². The molecule has 0 radical (unpaired) electrons. The van der Waals surface area contributed by atoms with E-state index in [1.54, 1.807) is 0 Å². The number of hydrogen-bond acceptors (Lipinski definition) is 0. The minimum Gasteiger partial charge on any atom is -0.0654 e. The molecule has 0 aromatic heterocycles. The topological polar surface area (TPSA) is 0 Å². The Bertz CT molecular complexity index is 3780. The summed E-state index contributed by atoms with van der Waals surface area (Å²) in [5, 5.41) is 0. The SMILES string of the molecule is CCCCc1ccccc1-c1c(C)c(-c2cc(C)ccc2C)cc2c1-c1ccc(C(C)CC(c3ccccc3)c3ccc4c(c3)C(C)(C)c3cc(-c5cc(C)ccc5C)c(C)c(-c5ccccc5C(C)CC)c3-4)cc1C2(C)C. The monoisotopic (exact) mass is 1020 g/mol. The molecule has 0 bridgehead atoms. The van der Waals surface area contributed by atoms with Gasteiger partial charge in [-0.25, -0.2) is 0 Å². The average molecular weight is 1020 g/mol. The fourth-order valence-electron chi connectivity index (χ4n) is 14.2. The summed E-state index contributed by atoms with van der Waals surface area (Å²) < 4.78 is 0. The minimum atomic E-state index is -0.222. The summed E-state index contributed by atoms with van der Waals surface area (Å²) in [5.41, 5.74) is 37.0. The zero-order chi connectivity index (χ0) is 54.9. The van der Waals surface area contributed by atoms with Crippen molar-refractivity contribution >= 4 is 0 Å². The highest BCUT2D eigenvalue weighted by molar-refractivity contribution is 6.00. The minimum absolute atomic E-state index is 0.197. The molecule has 0 N–H and O–H groups in total. The summed E-state index contributed by atoms with van der Waals surface area (Å²) in [6.07, 6.45) is 5.54. The van der Waals surface area contributed by atoms with Crippen molar-refractivity contribution in [1.82, 2.24) is 0 Å². The van der Waals surface area contributed by atoms with E-state index in [0.717, 1.165) is 19.3 Å². The van der Waals surface area contributed by atoms with E-state index in [0.29, 0.717) is 11.8 Å². The molecule has 0 spiro atoms. The molecule has 2 aliphatic rings. The van der Waals surface area contributed by atoms with Gasteiger partial charge in [-0.2, -0.15) is 0 Å². The maximum Gasteiger partial charge on any atom is 0.0159 e. The van der Waals surface area contributed by atoms with Gasteiger partial charge in [0.15, 0.2) is 0 Å². The third-order valence-corrected chi connectivity index (χ3v) is 19.1. The number of fused-ring (bicyclic) bond motifs is 6. The molecule has 78 heavy (non-hydrogen) atoms. The summed E-state index contributed by atoms with van der Waals surface area (Å²) in [6.45, 7) is 33.3. The van der Waals surface area contributed by atoms with Crippen LogP contribution in [0.15, 0.2) is 164 Å². The van der Waals surface area contributed by atoms with Gasteiger partial charge in [-0.05, 0) is 230 Å². The molecule has 9 aromatic carbocycles. The normalized spacial score (nSPS) is 14.8. The van der Waals surface area contributed by atoms with Gasteiger partial charge in [0.1, 0.15) is 0 Å². The van der Waals surface area contributed by atoms with E-state index in [1.165, 1.54) is 163 Å². The molecule has 0 aliphatic heterocycles. The lowest BCUT2D eigenvalue weighted by molar-refractivity contribution is 0.608. The standard InChI is InChI=1S/C78H82/c1-15-17-25-55-28-21-22-30-60(55)73-53(9)66(64-40-47(3)32-34-50(64)6)45-71-75(73)62-38-36-57(43-69(62)77(71,11)12)52(8)42-68(56-26-19-18-20-27-56)58-37-39-63-70(44-58)78(13,14)72-46-67(65-41-48(4)33-35-51(65)7)54(10)74(76(63)72)61-31-24-23-29-59(61)49(5)16-2/h18-24,26-41,43-46,49,52,68H,15-17,25,42H2,1-14H3. The Kier molecular flexibility index (Phi) is 14.0. The van der Waals surface area contributed by atoms with Crippen molar-refractivity contribution in [2.75, 3.05) is 0 Å². The van der Waals surface area contributed by atoms with Crippen LogP contribution in [0.2, 0.25) is 0 Å². The maximum atomic E-state index is 2.62. The van der Waals surface area contributed by atoms with Gasteiger partial charge in [-0.15, -0.1) is 0 Å². The second kappa shape index (κ2) is 20.7. The van der Waals surface area contributed by atoms with Crippen molar-refractivity contribution in [2.24, 2.45) is 0 Å². The average Bonchev–Trinajstić information content (AvgIpc) is 4.04. The predicted octanol–water partition coefficient (Wildman–Crippen LogP) is 22.0. The highest BCUT2D eigenvalue weighted by Gasteiger charge is 2.42. The zero-order valence-electron chi connectivity index (χ0n) is 49.4. The zero-order valence-corrected chi connectivity index (χ0v) is 49.4. The Labute approximate surface area is 469 Å². The highest BCUT2D eigenvalue weighted by Crippen LogP contribution is 2.59. The molecule has 11 rings (SSSR count). The lowest BCUT2D eigenvalue weighted by Crippen LogP contribution is -2.17. The van der Waals surface area contributed by atoms with Crippen molar-refractivity contribution in [2.45, 2.75) is 158 Å². The maximum absolute atomic E-state index is 2.62. The second-order valence-corrected chi connectivity index (χ2v) is 24.9. The van der Waals surface area contributed by atoms with Crippen molar-refractivity contribution in [3.63, 3.8) is 0 Å². The summed E-state index contributed by atoms with van der Waals surface area (Å²) in [5.74, 6) is 0.945. The van der Waals surface area contributed by atoms with Gasteiger partial charge in [0, 0.05) is 16.7 Å². The summed E-state index contributed by atoms with van der Waals surface area (Å²) in [7, 11) is 0. The van der Waals surface area contributed by atoms with Crippen molar-refractivity contribution < 1.29 is 0 Å². The first kappa shape index (κ1) is 53.0. The molecule has 2 aliphatic carbocycles. The van der Waals surface area contributed by atoms with Gasteiger partial charge in [-0.1, -0.05) is 225 Å². The number of hydrogen-bond donors (Lipinski definition) is 0. The van der Waals surface area contributed by atoms with Crippen LogP contribution in [0, 0.1) is 41.5 Å². The highest BCUT2D eigenvalue weighted by atomic mass is 14.4. The molecule has 0 heterocycles. The van der Waals surface area contributed by atoms with Crippen LogP contribution in [-0.4, -0.2) is 0 Å². The van der Waals surface area contributed by atoms with Gasteiger partial charge in [-0.3, -0.25) is 0 Å². The molecule has 0 nitrogen and oxygen atoms in total. The van der Waals surface area contributed by atoms with E-state index < -0.39 is 0 Å². The van der Waals surface area contributed by atoms with Crippen LogP contribution in [0.3, 0.4) is 0 Å². The fourth-order valence-corrected chi connectivity index (χ4v) is 14.2. The Morgan fingerprint density at radius 3 is 1.45 bits per heavy atom. The number of benzene rings is 9. The second-order valence-electron chi connectivity index (χ2n) is 24.9. The summed E-state index contributed by atoms with van der Waals surface area (Å²) in [6, 6.07) is 64.2. The first-order valence-corrected chi connectivity index (χ1v) is 29.5. The largest absolute Gasteiger partial charge is 0.0654 e. The molecule has 0 amide bonds. The molecule has 0 saturated carbocycles. The number of rotatable bonds is 14. The van der Waals surface area contributed by atoms with Crippen molar-refractivity contribution in [1.29, 1.82) is 0 Å². The van der Waals surface area contributed by atoms with E-state index >= 15 is 0 Å². The Morgan fingerprint density at radius 1 is 0.385 bits per heavy atom. The molecule has 9 aromatic rings. The van der Waals surface area contributed by atoms with Gasteiger partial charge in [0.2, 0.25) is 0 Å². The van der Waals surface area contributed by atoms with Crippen LogP contribution in [0.5, 0.6) is 0 Å². The summed E-state index contributed by atoms with van der Waals surface area (Å²) >= 11 is 0. The van der Waals surface area contributed by atoms with Crippen LogP contribution < -0.4 is 0 Å². The van der Waals surface area contributed by atoms with Crippen molar-refractivity contribution in [3.8, 4) is 66.8 Å². The van der Waals surface area contributed by atoms with Crippen LogP contribution in [-0.2, 0) is 17.3 Å². The smallest absolute Gasteiger partial charge is 0.0159 e. The third kappa shape index (κ3) is 8.93. The quantitative estimate of drug-likeness (QED) is 0.102. The van der Waals surface area contributed by atoms with Crippen LogP contribution in [0.25, 0.3) is 66.8 Å². The van der Waals surface area contributed by atoms with Crippen LogP contribution >= 0.6 is 0 Å². The lowest BCUT2D eigenvalue weighted by atomic mass is 9.76. The van der Waals surface area contributed by atoms with E-state index in [1.807, 2.05) is 0 Å². The van der Waals surface area contributed by atoms with Gasteiger partial charge in [0.05, 0.1) is 0 Å². The van der Waals surface area contributed by atoms with E-state index in [9.17, 15) is 0 Å². The predicted molar refractivity (Wildman–Crippen MR) is 337 cm³/mol. The molecule has 3 unspecified atom stereocenters. The first-order chi connectivity index (χ1) is 37.4. The molecule has 394 valence electrons. The number of aryl methyl sites for hydroxylation is 5. The Balaban J connectivity index is 1.03. The molecule has 0 heteroatoms. The first-order valence-electron chi connectivity index (χ1n) is 29.5. The molecule has 0 saturated heterocycles. The Hall–Kier alpha value is -7.02. The van der Waals surface area contributed by atoms with E-state index in [-0.39, 0.29) is 16.7 Å². The molecular formula is C78H82. The van der Waals surface area contributed by atoms with E-state index in [4.69, 9.17) is 0 Å². The molecular weight excluding hydrogens is 937 g/mol. The van der Waals surface area contributed by atoms with Gasteiger partial charge >= 0.3 is 0 Å². The Morgan fingerprint density at radius 2 is 0.885 bits per heavy atom. The van der Waals surface area contributed by atoms with E-state index in [2.05, 4.69) is 261 Å². The van der Waals surface area contributed by atoms with Crippen LogP contribution in [0.4, 0.5) is 0 Å². The summed E-state index contributed by atoms with van der Waals surface area (Å²) in [4.78, 5) is 0. The van der Waals surface area contributed by atoms with Gasteiger partial charge < -0.3 is 0 Å². The lowest BCUT2D eigenvalue weighted by Gasteiger charge is -2.27. The molecule has 0 fully saturated rings. The van der Waals surface area contributed by atoms with Crippen molar-refractivity contribution in [3.05, 3.63) is 247 Å². The van der Waals surface area contributed by atoms with Crippen LogP contribution in [0.1, 0.15) is 182 Å². The third-order valence-electron chi connectivity index (χ3n) is 19.1. The number of unbranched alkanes of at least 4 members (excludes halogenated alkanes) is 1. The fraction of sp³-hybridized carbons (Fsp3) is 0.308. The molecule has 3 atom stereocenters.